The third-order valence-corrected chi connectivity index (χ3v) is 5.39. The van der Waals surface area contributed by atoms with Crippen LogP contribution in [0, 0.1) is 5.92 Å². The van der Waals surface area contributed by atoms with Crippen LogP contribution in [0.1, 0.15) is 47.5 Å². The number of carbonyl (C=O) groups is 1. The van der Waals surface area contributed by atoms with Gasteiger partial charge in [-0.2, -0.15) is 4.40 Å². The summed E-state index contributed by atoms with van der Waals surface area (Å²) in [5.41, 5.74) is 0. The average Bonchev–Trinajstić information content (AvgIpc) is 2.83. The number of ether oxygens (including phenoxy) is 2. The highest BCUT2D eigenvalue weighted by Crippen LogP contribution is 2.25. The molecule has 23 heavy (non-hydrogen) atoms. The maximum atomic E-state index is 12.4. The van der Waals surface area contributed by atoms with Crippen LogP contribution in [0.2, 0.25) is 0 Å². The highest BCUT2D eigenvalue weighted by molar-refractivity contribution is 7.85. The number of piperidine rings is 1. The number of likely N-dealkylation sites (tertiary alicyclic amines) is 1. The van der Waals surface area contributed by atoms with Gasteiger partial charge in [0.25, 0.3) is 5.91 Å². The van der Waals surface area contributed by atoms with Gasteiger partial charge in [-0.25, -0.2) is 4.21 Å². The minimum Gasteiger partial charge on any atom is -0.347 e. The molecule has 2 fully saturated rings. The van der Waals surface area contributed by atoms with Crippen molar-refractivity contribution < 1.29 is 18.5 Å². The smallest absolute Gasteiger partial charge is 0.254 e. The lowest BCUT2D eigenvalue weighted by molar-refractivity contribution is -0.160. The Balaban J connectivity index is 1.81. The number of nitrogens with zero attached hydrogens (tertiary/aromatic N) is 2. The van der Waals surface area contributed by atoms with Crippen LogP contribution < -0.4 is 0 Å². The second-order valence-corrected chi connectivity index (χ2v) is 9.53. The summed E-state index contributed by atoms with van der Waals surface area (Å²) in [4.78, 5) is 14.3. The van der Waals surface area contributed by atoms with E-state index in [2.05, 4.69) is 4.40 Å². The molecule has 2 heterocycles. The molecule has 0 aliphatic carbocycles. The molecular weight excluding hydrogens is 316 g/mol. The molecule has 0 bridgehead atoms. The molecule has 1 unspecified atom stereocenters. The maximum absolute atomic E-state index is 12.4. The fourth-order valence-corrected chi connectivity index (χ4v) is 3.18. The summed E-state index contributed by atoms with van der Waals surface area (Å²) in [6.45, 7) is 11.0. The van der Waals surface area contributed by atoms with Crippen LogP contribution in [-0.2, 0) is 25.3 Å². The standard InChI is InChI=1S/C16H28N2O4S/c1-15(2,3)23(20)17-10-12-6-8-18(9-7-12)14(19)13-11-21-16(4,5)22-13/h10,12-13H,6-9,11H2,1-5H3/t13-,23?/m1/s1. The van der Waals surface area contributed by atoms with Gasteiger partial charge in [0, 0.05) is 19.3 Å². The molecule has 0 spiro atoms. The predicted octanol–water partition coefficient (Wildman–Crippen LogP) is 1.91. The van der Waals surface area contributed by atoms with Gasteiger partial charge in [-0.1, -0.05) is 0 Å². The molecular formula is C16H28N2O4S. The first-order valence-corrected chi connectivity index (χ1v) is 9.26. The second kappa shape index (κ2) is 6.99. The monoisotopic (exact) mass is 344 g/mol. The van der Waals surface area contributed by atoms with Crippen molar-refractivity contribution in [1.29, 1.82) is 0 Å². The summed E-state index contributed by atoms with van der Waals surface area (Å²) in [5, 5.41) is 0. The summed E-state index contributed by atoms with van der Waals surface area (Å²) in [6, 6.07) is 0. The third-order valence-electron chi connectivity index (χ3n) is 4.03. The molecule has 2 saturated heterocycles. The molecule has 7 heteroatoms. The Hall–Kier alpha value is -0.790. The number of hydrogen-bond donors (Lipinski definition) is 0. The molecule has 0 radical (unpaired) electrons. The Morgan fingerprint density at radius 1 is 1.30 bits per heavy atom. The quantitative estimate of drug-likeness (QED) is 0.734. The molecule has 2 atom stereocenters. The SMILES string of the molecule is CC1(C)OC[C@H](C(=O)N2CCC(C=NS(=O)C(C)(C)C)CC2)O1. The zero-order valence-corrected chi connectivity index (χ0v) is 15.5. The molecule has 2 rings (SSSR count). The molecule has 0 aromatic rings. The van der Waals surface area contributed by atoms with E-state index in [1.807, 2.05) is 45.7 Å². The summed E-state index contributed by atoms with van der Waals surface area (Å²) >= 11 is 0. The van der Waals surface area contributed by atoms with E-state index in [1.54, 1.807) is 0 Å². The number of rotatable bonds is 3. The van der Waals surface area contributed by atoms with Crippen LogP contribution >= 0.6 is 0 Å². The first-order valence-electron chi connectivity index (χ1n) is 8.15. The van der Waals surface area contributed by atoms with Gasteiger partial charge >= 0.3 is 0 Å². The van der Waals surface area contributed by atoms with E-state index in [-0.39, 0.29) is 16.6 Å². The molecule has 2 aliphatic rings. The van der Waals surface area contributed by atoms with E-state index in [1.165, 1.54) is 0 Å². The lowest BCUT2D eigenvalue weighted by atomic mass is 9.98. The van der Waals surface area contributed by atoms with Crippen LogP contribution in [0.15, 0.2) is 4.40 Å². The molecule has 0 N–H and O–H groups in total. The van der Waals surface area contributed by atoms with Gasteiger partial charge in [-0.05, 0) is 53.4 Å². The first-order chi connectivity index (χ1) is 10.6. The van der Waals surface area contributed by atoms with Crippen molar-refractivity contribution >= 4 is 23.1 Å². The summed E-state index contributed by atoms with van der Waals surface area (Å²) in [5.74, 6) is -0.394. The van der Waals surface area contributed by atoms with Gasteiger partial charge in [0.2, 0.25) is 0 Å². The normalized spacial score (nSPS) is 27.5. The molecule has 0 saturated carbocycles. The van der Waals surface area contributed by atoms with Crippen molar-refractivity contribution in [2.75, 3.05) is 19.7 Å². The fraction of sp³-hybridized carbons (Fsp3) is 0.875. The van der Waals surface area contributed by atoms with E-state index in [0.29, 0.717) is 19.7 Å². The maximum Gasteiger partial charge on any atom is 0.254 e. The molecule has 0 aromatic heterocycles. The Kier molecular flexibility index (Phi) is 5.63. The third kappa shape index (κ3) is 5.09. The zero-order valence-electron chi connectivity index (χ0n) is 14.7. The van der Waals surface area contributed by atoms with Gasteiger partial charge in [-0.3, -0.25) is 4.79 Å². The fourth-order valence-electron chi connectivity index (χ4n) is 2.58. The van der Waals surface area contributed by atoms with E-state index in [0.717, 1.165) is 12.8 Å². The molecule has 6 nitrogen and oxygen atoms in total. The minimum absolute atomic E-state index is 0.00392. The van der Waals surface area contributed by atoms with Crippen molar-refractivity contribution in [3.8, 4) is 0 Å². The van der Waals surface area contributed by atoms with Crippen molar-refractivity contribution in [3.63, 3.8) is 0 Å². The van der Waals surface area contributed by atoms with Gasteiger partial charge in [0.15, 0.2) is 11.9 Å². The lowest BCUT2D eigenvalue weighted by Gasteiger charge is -2.32. The second-order valence-electron chi connectivity index (χ2n) is 7.60. The van der Waals surface area contributed by atoms with Gasteiger partial charge < -0.3 is 14.4 Å². The molecule has 132 valence electrons. The molecule has 0 aromatic carbocycles. The van der Waals surface area contributed by atoms with E-state index >= 15 is 0 Å². The highest BCUT2D eigenvalue weighted by atomic mass is 32.2. The molecule has 2 aliphatic heterocycles. The highest BCUT2D eigenvalue weighted by Gasteiger charge is 2.39. The van der Waals surface area contributed by atoms with Crippen molar-refractivity contribution in [3.05, 3.63) is 0 Å². The Labute approximate surface area is 141 Å². The number of hydrogen-bond acceptors (Lipinski definition) is 4. The molecule has 1 amide bonds. The Bertz CT molecular complexity index is 491. The van der Waals surface area contributed by atoms with E-state index in [4.69, 9.17) is 9.47 Å². The van der Waals surface area contributed by atoms with E-state index in [9.17, 15) is 9.00 Å². The summed E-state index contributed by atoms with van der Waals surface area (Å²) < 4.78 is 26.9. The van der Waals surface area contributed by atoms with Crippen LogP contribution in [-0.4, -0.2) is 57.6 Å². The predicted molar refractivity (Wildman–Crippen MR) is 90.6 cm³/mol. The Morgan fingerprint density at radius 3 is 2.39 bits per heavy atom. The van der Waals surface area contributed by atoms with E-state index < -0.39 is 22.9 Å². The number of amides is 1. The summed E-state index contributed by atoms with van der Waals surface area (Å²) in [6.07, 6.45) is 2.99. The van der Waals surface area contributed by atoms with Gasteiger partial charge in [0.05, 0.1) is 11.4 Å². The zero-order chi connectivity index (χ0) is 17.3. The van der Waals surface area contributed by atoms with Crippen LogP contribution in [0.4, 0.5) is 0 Å². The topological polar surface area (TPSA) is 68.2 Å². The van der Waals surface area contributed by atoms with Gasteiger partial charge in [0.1, 0.15) is 11.0 Å². The van der Waals surface area contributed by atoms with Crippen LogP contribution in [0.5, 0.6) is 0 Å². The largest absolute Gasteiger partial charge is 0.347 e. The van der Waals surface area contributed by atoms with Crippen LogP contribution in [0.3, 0.4) is 0 Å². The van der Waals surface area contributed by atoms with Gasteiger partial charge in [-0.15, -0.1) is 0 Å². The first kappa shape index (κ1) is 18.5. The van der Waals surface area contributed by atoms with Crippen molar-refractivity contribution in [2.45, 2.75) is 64.1 Å². The van der Waals surface area contributed by atoms with Crippen molar-refractivity contribution in [1.82, 2.24) is 4.90 Å². The van der Waals surface area contributed by atoms with Crippen molar-refractivity contribution in [2.24, 2.45) is 10.3 Å². The Morgan fingerprint density at radius 2 is 1.91 bits per heavy atom. The summed E-state index contributed by atoms with van der Waals surface area (Å²) in [7, 11) is -1.21. The lowest BCUT2D eigenvalue weighted by Crippen LogP contribution is -2.45. The minimum atomic E-state index is -1.21. The van der Waals surface area contributed by atoms with Crippen LogP contribution in [0.25, 0.3) is 0 Å². The average molecular weight is 344 g/mol. The number of carbonyl (C=O) groups excluding carboxylic acids is 1.